The van der Waals surface area contributed by atoms with Crippen LogP contribution in [0, 0.1) is 17.3 Å². The average Bonchev–Trinajstić information content (AvgIpc) is 2.70. The van der Waals surface area contributed by atoms with Gasteiger partial charge in [-0.1, -0.05) is 31.5 Å². The molecule has 0 unspecified atom stereocenters. The fraction of sp³-hybridized carbons (Fsp3) is 0.438. The van der Waals surface area contributed by atoms with Crippen LogP contribution in [0.2, 0.25) is 5.02 Å². The van der Waals surface area contributed by atoms with Crippen molar-refractivity contribution in [3.63, 3.8) is 0 Å². The highest BCUT2D eigenvalue weighted by Gasteiger charge is 2.65. The molecular formula is C16H18ClNO. The van der Waals surface area contributed by atoms with Gasteiger partial charge in [-0.2, -0.15) is 0 Å². The topological polar surface area (TPSA) is 29.1 Å². The molecular weight excluding hydrogens is 258 g/mol. The molecule has 0 heterocycles. The van der Waals surface area contributed by atoms with Crippen molar-refractivity contribution in [2.45, 2.75) is 27.2 Å². The summed E-state index contributed by atoms with van der Waals surface area (Å²) in [6.45, 7) is 6.49. The van der Waals surface area contributed by atoms with Crippen molar-refractivity contribution in [3.8, 4) is 0 Å². The lowest BCUT2D eigenvalue weighted by Crippen LogP contribution is -2.12. The first-order valence-corrected chi connectivity index (χ1v) is 7.05. The Labute approximate surface area is 118 Å². The minimum Gasteiger partial charge on any atom is -0.359 e. The van der Waals surface area contributed by atoms with E-state index in [0.29, 0.717) is 34.5 Å². The maximum absolute atomic E-state index is 12.1. The second-order valence-corrected chi connectivity index (χ2v) is 6.64. The molecule has 1 N–H and O–H groups in total. The Hall–Kier alpha value is -1.28. The van der Waals surface area contributed by atoms with Gasteiger partial charge in [0, 0.05) is 28.4 Å². The molecule has 2 saturated carbocycles. The van der Waals surface area contributed by atoms with Crippen LogP contribution in [0.3, 0.4) is 0 Å². The van der Waals surface area contributed by atoms with E-state index in [2.05, 4.69) is 19.2 Å². The SMILES string of the molecule is CC(Nc1cccc(Cl)c1)=C1C(=O)C[C@@H]2[C@H]1C2(C)C. The lowest BCUT2D eigenvalue weighted by Gasteiger charge is -2.14. The van der Waals surface area contributed by atoms with Crippen LogP contribution >= 0.6 is 11.6 Å². The van der Waals surface area contributed by atoms with Gasteiger partial charge in [-0.3, -0.25) is 4.79 Å². The van der Waals surface area contributed by atoms with Crippen molar-refractivity contribution in [2.75, 3.05) is 5.32 Å². The van der Waals surface area contributed by atoms with Crippen LogP contribution in [-0.4, -0.2) is 5.78 Å². The number of carbonyl (C=O) groups is 1. The zero-order valence-electron chi connectivity index (χ0n) is 11.5. The minimum absolute atomic E-state index is 0.292. The summed E-state index contributed by atoms with van der Waals surface area (Å²) in [7, 11) is 0. The number of carbonyl (C=O) groups excluding carboxylic acids is 1. The van der Waals surface area contributed by atoms with Crippen LogP contribution in [0.4, 0.5) is 5.69 Å². The molecule has 3 heteroatoms. The summed E-state index contributed by atoms with van der Waals surface area (Å²) in [6.07, 6.45) is 0.710. The van der Waals surface area contributed by atoms with Gasteiger partial charge in [0.2, 0.25) is 0 Å². The molecule has 2 atom stereocenters. The van der Waals surface area contributed by atoms with Crippen molar-refractivity contribution in [3.05, 3.63) is 40.6 Å². The molecule has 19 heavy (non-hydrogen) atoms. The quantitative estimate of drug-likeness (QED) is 0.817. The van der Waals surface area contributed by atoms with Gasteiger partial charge in [-0.25, -0.2) is 0 Å². The normalized spacial score (nSPS) is 30.0. The summed E-state index contributed by atoms with van der Waals surface area (Å²) >= 11 is 5.98. The summed E-state index contributed by atoms with van der Waals surface area (Å²) < 4.78 is 0. The smallest absolute Gasteiger partial charge is 0.161 e. The average molecular weight is 276 g/mol. The highest BCUT2D eigenvalue weighted by atomic mass is 35.5. The van der Waals surface area contributed by atoms with E-state index in [4.69, 9.17) is 11.6 Å². The molecule has 2 nitrogen and oxygen atoms in total. The number of hydrogen-bond donors (Lipinski definition) is 1. The van der Waals surface area contributed by atoms with E-state index in [0.717, 1.165) is 17.0 Å². The summed E-state index contributed by atoms with van der Waals surface area (Å²) in [5.41, 5.74) is 3.20. The number of fused-ring (bicyclic) bond motifs is 1. The van der Waals surface area contributed by atoms with E-state index in [9.17, 15) is 4.79 Å². The molecule has 0 radical (unpaired) electrons. The Morgan fingerprint density at radius 3 is 2.79 bits per heavy atom. The van der Waals surface area contributed by atoms with E-state index >= 15 is 0 Å². The Bertz CT molecular complexity index is 588. The highest BCUT2D eigenvalue weighted by Crippen LogP contribution is 2.68. The monoisotopic (exact) mass is 275 g/mol. The molecule has 100 valence electrons. The van der Waals surface area contributed by atoms with Gasteiger partial charge in [0.1, 0.15) is 0 Å². The van der Waals surface area contributed by atoms with Gasteiger partial charge < -0.3 is 5.32 Å². The Morgan fingerprint density at radius 2 is 2.16 bits per heavy atom. The molecule has 2 aliphatic carbocycles. The summed E-state index contributed by atoms with van der Waals surface area (Å²) in [5, 5.41) is 4.02. The number of halogens is 1. The molecule has 3 rings (SSSR count). The van der Waals surface area contributed by atoms with E-state index in [-0.39, 0.29) is 0 Å². The van der Waals surface area contributed by atoms with Gasteiger partial charge in [0.25, 0.3) is 0 Å². The number of allylic oxidation sites excluding steroid dienone is 2. The minimum atomic E-state index is 0.292. The number of ketones is 1. The maximum atomic E-state index is 12.1. The van der Waals surface area contributed by atoms with Crippen LogP contribution in [-0.2, 0) is 4.79 Å². The number of rotatable bonds is 2. The second-order valence-electron chi connectivity index (χ2n) is 6.21. The fourth-order valence-corrected chi connectivity index (χ4v) is 3.66. The molecule has 2 fully saturated rings. The van der Waals surface area contributed by atoms with Gasteiger partial charge in [0.15, 0.2) is 5.78 Å². The predicted molar refractivity (Wildman–Crippen MR) is 78.2 cm³/mol. The van der Waals surface area contributed by atoms with Crippen molar-refractivity contribution >= 4 is 23.1 Å². The highest BCUT2D eigenvalue weighted by molar-refractivity contribution is 6.30. The van der Waals surface area contributed by atoms with Crippen LogP contribution in [0.25, 0.3) is 0 Å². The molecule has 0 bridgehead atoms. The molecule has 0 amide bonds. The third-order valence-corrected chi connectivity index (χ3v) is 4.86. The first-order valence-electron chi connectivity index (χ1n) is 6.68. The van der Waals surface area contributed by atoms with Crippen LogP contribution in [0.15, 0.2) is 35.5 Å². The number of nitrogens with one attached hydrogen (secondary N) is 1. The van der Waals surface area contributed by atoms with E-state index in [1.807, 2.05) is 31.2 Å². The van der Waals surface area contributed by atoms with Crippen LogP contribution in [0.1, 0.15) is 27.2 Å². The Morgan fingerprint density at radius 1 is 1.42 bits per heavy atom. The van der Waals surface area contributed by atoms with Crippen LogP contribution < -0.4 is 5.32 Å². The number of benzene rings is 1. The fourth-order valence-electron chi connectivity index (χ4n) is 3.47. The third kappa shape index (κ3) is 1.99. The van der Waals surface area contributed by atoms with Crippen molar-refractivity contribution < 1.29 is 4.79 Å². The zero-order valence-corrected chi connectivity index (χ0v) is 12.2. The van der Waals surface area contributed by atoms with Gasteiger partial charge in [-0.15, -0.1) is 0 Å². The molecule has 0 aliphatic heterocycles. The Balaban J connectivity index is 1.88. The molecule has 0 aromatic heterocycles. The maximum Gasteiger partial charge on any atom is 0.161 e. The van der Waals surface area contributed by atoms with Gasteiger partial charge in [0.05, 0.1) is 0 Å². The van der Waals surface area contributed by atoms with E-state index < -0.39 is 0 Å². The summed E-state index contributed by atoms with van der Waals surface area (Å²) in [6, 6.07) is 7.59. The molecule has 0 saturated heterocycles. The number of hydrogen-bond acceptors (Lipinski definition) is 2. The lowest BCUT2D eigenvalue weighted by atomic mass is 9.95. The summed E-state index contributed by atoms with van der Waals surface area (Å²) in [4.78, 5) is 12.1. The van der Waals surface area contributed by atoms with Crippen LogP contribution in [0.5, 0.6) is 0 Å². The van der Waals surface area contributed by atoms with E-state index in [1.54, 1.807) is 0 Å². The van der Waals surface area contributed by atoms with E-state index in [1.165, 1.54) is 0 Å². The molecule has 1 aromatic rings. The number of anilines is 1. The molecule has 0 spiro atoms. The first-order chi connectivity index (χ1) is 8.91. The first kappa shape index (κ1) is 12.7. The molecule has 1 aromatic carbocycles. The largest absolute Gasteiger partial charge is 0.359 e. The second kappa shape index (κ2) is 4.11. The summed E-state index contributed by atoms with van der Waals surface area (Å²) in [5.74, 6) is 1.29. The van der Waals surface area contributed by atoms with Gasteiger partial charge >= 0.3 is 0 Å². The van der Waals surface area contributed by atoms with Gasteiger partial charge in [-0.05, 0) is 42.4 Å². The van der Waals surface area contributed by atoms with Crippen molar-refractivity contribution in [1.82, 2.24) is 0 Å². The third-order valence-electron chi connectivity index (χ3n) is 4.63. The zero-order chi connectivity index (χ0) is 13.8. The van der Waals surface area contributed by atoms with Crippen molar-refractivity contribution in [1.29, 1.82) is 0 Å². The lowest BCUT2D eigenvalue weighted by molar-refractivity contribution is -0.115. The van der Waals surface area contributed by atoms with Crippen molar-refractivity contribution in [2.24, 2.45) is 17.3 Å². The standard InChI is InChI=1S/C16H18ClNO/c1-9(18-11-6-4-5-10(17)7-11)14-13(19)8-12-15(14)16(12,2)3/h4-7,12,15,18H,8H2,1-3H3/t12-,15-/m1/s1. The number of Topliss-reactive ketones (excluding diaryl/α,β-unsaturated/α-hetero) is 1. The predicted octanol–water partition coefficient (Wildman–Crippen LogP) is 4.27. The Kier molecular flexibility index (Phi) is 2.75. The molecule has 2 aliphatic rings.